The Morgan fingerprint density at radius 3 is 2.75 bits per heavy atom. The summed E-state index contributed by atoms with van der Waals surface area (Å²) in [5.74, 6) is -0.558. The number of amides is 1. The number of aromatic nitrogens is 4. The summed E-state index contributed by atoms with van der Waals surface area (Å²) in [7, 11) is 0. The van der Waals surface area contributed by atoms with Crippen molar-refractivity contribution in [2.45, 2.75) is 12.7 Å². The number of carbonyl (C=O) groups is 1. The highest BCUT2D eigenvalue weighted by Gasteiger charge is 2.34. The lowest BCUT2D eigenvalue weighted by Crippen LogP contribution is -2.29. The molecule has 10 heteroatoms. The quantitative estimate of drug-likeness (QED) is 0.755. The van der Waals surface area contributed by atoms with Crippen LogP contribution in [0.15, 0.2) is 41.5 Å². The molecule has 0 unspecified atom stereocenters. The first-order valence-electron chi connectivity index (χ1n) is 6.73. The van der Waals surface area contributed by atoms with Gasteiger partial charge in [-0.25, -0.2) is 0 Å². The third-order valence-electron chi connectivity index (χ3n) is 3.28. The molecule has 3 heterocycles. The lowest BCUT2D eigenvalue weighted by Gasteiger charge is -2.08. The number of aromatic amines is 1. The molecule has 0 fully saturated rings. The van der Waals surface area contributed by atoms with Crippen molar-refractivity contribution >= 4 is 11.6 Å². The average molecular weight is 337 g/mol. The van der Waals surface area contributed by atoms with Crippen molar-refractivity contribution < 1.29 is 18.0 Å². The van der Waals surface area contributed by atoms with Crippen LogP contribution in [0.3, 0.4) is 0 Å². The van der Waals surface area contributed by atoms with Crippen LogP contribution < -0.4 is 10.9 Å². The van der Waals surface area contributed by atoms with Crippen LogP contribution in [0.5, 0.6) is 0 Å². The second kappa shape index (κ2) is 5.80. The van der Waals surface area contributed by atoms with E-state index >= 15 is 0 Å². The van der Waals surface area contributed by atoms with Gasteiger partial charge in [-0.3, -0.25) is 14.0 Å². The molecular weight excluding hydrogens is 327 g/mol. The fourth-order valence-corrected chi connectivity index (χ4v) is 2.16. The summed E-state index contributed by atoms with van der Waals surface area (Å²) in [6.07, 6.45) is -1.82. The molecule has 3 rings (SSSR count). The number of halogens is 3. The van der Waals surface area contributed by atoms with E-state index in [2.05, 4.69) is 20.5 Å². The van der Waals surface area contributed by atoms with Crippen molar-refractivity contribution in [2.75, 3.05) is 0 Å². The minimum atomic E-state index is -4.56. The fraction of sp³-hybridized carbons (Fsp3) is 0.143. The van der Waals surface area contributed by atoms with Crippen molar-refractivity contribution in [3.05, 3.63) is 64.0 Å². The van der Waals surface area contributed by atoms with E-state index in [0.29, 0.717) is 0 Å². The van der Waals surface area contributed by atoms with Crippen molar-refractivity contribution in [1.29, 1.82) is 0 Å². The zero-order valence-corrected chi connectivity index (χ0v) is 12.0. The molecule has 3 aromatic heterocycles. The van der Waals surface area contributed by atoms with E-state index in [0.717, 1.165) is 10.5 Å². The number of hydrogen-bond donors (Lipinski definition) is 2. The molecule has 3 aromatic rings. The normalized spacial score (nSPS) is 11.6. The molecule has 0 radical (unpaired) electrons. The minimum absolute atomic E-state index is 0.108. The van der Waals surface area contributed by atoms with E-state index < -0.39 is 23.2 Å². The van der Waals surface area contributed by atoms with Crippen LogP contribution >= 0.6 is 0 Å². The van der Waals surface area contributed by atoms with Gasteiger partial charge in [-0.05, 0) is 24.3 Å². The van der Waals surface area contributed by atoms with E-state index in [9.17, 15) is 22.8 Å². The molecule has 0 saturated heterocycles. The highest BCUT2D eigenvalue weighted by molar-refractivity contribution is 5.93. The molecular formula is C14H10F3N5O2. The summed E-state index contributed by atoms with van der Waals surface area (Å²) in [5.41, 5.74) is -1.95. The van der Waals surface area contributed by atoms with Crippen LogP contribution in [0.4, 0.5) is 13.2 Å². The van der Waals surface area contributed by atoms with Crippen molar-refractivity contribution in [3.8, 4) is 0 Å². The average Bonchev–Trinajstić information content (AvgIpc) is 2.95. The first kappa shape index (κ1) is 15.7. The highest BCUT2D eigenvalue weighted by Crippen LogP contribution is 2.31. The molecule has 0 spiro atoms. The molecule has 0 aliphatic rings. The lowest BCUT2D eigenvalue weighted by atomic mass is 10.2. The van der Waals surface area contributed by atoms with Gasteiger partial charge in [-0.15, -0.1) is 10.2 Å². The Hall–Kier alpha value is -3.17. The minimum Gasteiger partial charge on any atom is -0.345 e. The van der Waals surface area contributed by atoms with Crippen LogP contribution in [0, 0.1) is 0 Å². The molecule has 2 N–H and O–H groups in total. The second-order valence-corrected chi connectivity index (χ2v) is 4.83. The zero-order chi connectivity index (χ0) is 17.3. The van der Waals surface area contributed by atoms with Crippen LogP contribution in [-0.2, 0) is 12.7 Å². The Morgan fingerprint density at radius 2 is 2.04 bits per heavy atom. The van der Waals surface area contributed by atoms with Crippen LogP contribution in [-0.4, -0.2) is 25.5 Å². The predicted octanol–water partition coefficient (Wildman–Crippen LogP) is 1.37. The number of nitrogens with zero attached hydrogens (tertiary/aromatic N) is 3. The van der Waals surface area contributed by atoms with Gasteiger partial charge in [0.1, 0.15) is 11.1 Å². The number of nitrogens with one attached hydrogen (secondary N) is 2. The Morgan fingerprint density at radius 1 is 1.25 bits per heavy atom. The number of rotatable bonds is 3. The molecule has 0 aliphatic carbocycles. The molecule has 0 atom stereocenters. The van der Waals surface area contributed by atoms with E-state index in [-0.39, 0.29) is 23.6 Å². The summed E-state index contributed by atoms with van der Waals surface area (Å²) in [5, 5.41) is 9.63. The number of hydrogen-bond acceptors (Lipinski definition) is 4. The van der Waals surface area contributed by atoms with Gasteiger partial charge in [-0.1, -0.05) is 0 Å². The largest absolute Gasteiger partial charge is 0.420 e. The van der Waals surface area contributed by atoms with Crippen molar-refractivity contribution in [3.63, 3.8) is 0 Å². The molecule has 7 nitrogen and oxygen atoms in total. The summed E-state index contributed by atoms with van der Waals surface area (Å²) in [6, 6.07) is 4.93. The van der Waals surface area contributed by atoms with Gasteiger partial charge in [-0.2, -0.15) is 13.2 Å². The zero-order valence-electron chi connectivity index (χ0n) is 12.0. The monoisotopic (exact) mass is 337 g/mol. The Labute approximate surface area is 132 Å². The second-order valence-electron chi connectivity index (χ2n) is 4.83. The van der Waals surface area contributed by atoms with Gasteiger partial charge in [0.15, 0.2) is 11.5 Å². The molecule has 0 bridgehead atoms. The van der Waals surface area contributed by atoms with Crippen LogP contribution in [0.1, 0.15) is 21.7 Å². The highest BCUT2D eigenvalue weighted by atomic mass is 19.4. The van der Waals surface area contributed by atoms with Crippen LogP contribution in [0.25, 0.3) is 5.65 Å². The van der Waals surface area contributed by atoms with Gasteiger partial charge in [0.2, 0.25) is 0 Å². The maximum Gasteiger partial charge on any atom is 0.420 e. The van der Waals surface area contributed by atoms with E-state index in [1.807, 2.05) is 0 Å². The SMILES string of the molecule is O=C(NCc1nnc2c(C(F)(F)F)cccn12)c1ccc[nH]c1=O. The Kier molecular flexibility index (Phi) is 3.80. The number of fused-ring (bicyclic) bond motifs is 1. The molecule has 0 aliphatic heterocycles. The van der Waals surface area contributed by atoms with Crippen LogP contribution in [0.2, 0.25) is 0 Å². The Bertz CT molecular complexity index is 961. The van der Waals surface area contributed by atoms with Gasteiger partial charge in [0.25, 0.3) is 11.5 Å². The molecule has 24 heavy (non-hydrogen) atoms. The first-order chi connectivity index (χ1) is 11.4. The van der Waals surface area contributed by atoms with Gasteiger partial charge in [0.05, 0.1) is 6.54 Å². The third-order valence-corrected chi connectivity index (χ3v) is 3.28. The smallest absolute Gasteiger partial charge is 0.345 e. The number of alkyl halides is 3. The third kappa shape index (κ3) is 2.85. The standard InChI is InChI=1S/C14H10F3N5O2/c15-14(16,17)9-4-2-6-22-10(20-21-11(9)22)7-19-13(24)8-3-1-5-18-12(8)23/h1-6H,7H2,(H,18,23)(H,19,24). The molecule has 124 valence electrons. The van der Waals surface area contributed by atoms with Crippen molar-refractivity contribution in [2.24, 2.45) is 0 Å². The summed E-state index contributed by atoms with van der Waals surface area (Å²) in [4.78, 5) is 25.8. The number of pyridine rings is 2. The first-order valence-corrected chi connectivity index (χ1v) is 6.73. The topological polar surface area (TPSA) is 92.2 Å². The lowest BCUT2D eigenvalue weighted by molar-refractivity contribution is -0.136. The Balaban J connectivity index is 1.86. The van der Waals surface area contributed by atoms with Gasteiger partial charge < -0.3 is 10.3 Å². The molecule has 0 saturated carbocycles. The fourth-order valence-electron chi connectivity index (χ4n) is 2.16. The summed E-state index contributed by atoms with van der Waals surface area (Å²) in [6.45, 7) is -0.185. The van der Waals surface area contributed by atoms with E-state index in [1.165, 1.54) is 30.6 Å². The maximum atomic E-state index is 12.9. The number of carbonyl (C=O) groups excluding carboxylic acids is 1. The van der Waals surface area contributed by atoms with E-state index in [4.69, 9.17) is 0 Å². The summed E-state index contributed by atoms with van der Waals surface area (Å²) < 4.78 is 39.9. The van der Waals surface area contributed by atoms with Crippen molar-refractivity contribution in [1.82, 2.24) is 24.9 Å². The predicted molar refractivity (Wildman–Crippen MR) is 76.2 cm³/mol. The summed E-state index contributed by atoms with van der Waals surface area (Å²) >= 11 is 0. The number of H-pyrrole nitrogens is 1. The van der Waals surface area contributed by atoms with Gasteiger partial charge in [0, 0.05) is 12.4 Å². The maximum absolute atomic E-state index is 12.9. The van der Waals surface area contributed by atoms with Gasteiger partial charge >= 0.3 is 6.18 Å². The molecule has 0 aromatic carbocycles. The van der Waals surface area contributed by atoms with E-state index in [1.54, 1.807) is 0 Å². The molecule has 1 amide bonds.